The molecule has 0 atom stereocenters. The first-order chi connectivity index (χ1) is 9.63. The van der Waals surface area contributed by atoms with E-state index >= 15 is 0 Å². The average Bonchev–Trinajstić information content (AvgIpc) is 3.07. The molecule has 2 rings (SSSR count). The second kappa shape index (κ2) is 6.53. The number of carbonyl (C=O) groups excluding carboxylic acids is 2. The number of hydrogen-bond acceptors (Lipinski definition) is 8. The number of amides is 1. The van der Waals surface area contributed by atoms with Gasteiger partial charge in [-0.3, -0.25) is 10.1 Å². The van der Waals surface area contributed by atoms with Gasteiger partial charge in [0.15, 0.2) is 0 Å². The van der Waals surface area contributed by atoms with Crippen LogP contribution in [0.1, 0.15) is 39.1 Å². The molecule has 0 aliphatic heterocycles. The zero-order chi connectivity index (χ0) is 14.5. The van der Waals surface area contributed by atoms with Crippen molar-refractivity contribution in [1.29, 1.82) is 0 Å². The number of rotatable bonds is 5. The minimum Gasteiger partial charge on any atom is -0.461 e. The zero-order valence-corrected chi connectivity index (χ0v) is 12.5. The van der Waals surface area contributed by atoms with Gasteiger partial charge in [0.2, 0.25) is 10.1 Å². The van der Waals surface area contributed by atoms with Crippen LogP contribution < -0.4 is 5.32 Å². The Kier molecular flexibility index (Phi) is 4.74. The van der Waals surface area contributed by atoms with Gasteiger partial charge in [0, 0.05) is 5.38 Å². The topological polar surface area (TPSA) is 94.1 Å². The third-order valence-electron chi connectivity index (χ3n) is 2.18. The maximum atomic E-state index is 11.9. The lowest BCUT2D eigenvalue weighted by molar-refractivity contribution is 0.0526. The molecular formula is C11H12N4O3S2. The summed E-state index contributed by atoms with van der Waals surface area (Å²) in [5.41, 5.74) is 0.159. The van der Waals surface area contributed by atoms with Crippen molar-refractivity contribution in [1.82, 2.24) is 15.2 Å². The van der Waals surface area contributed by atoms with Gasteiger partial charge in [0.25, 0.3) is 5.91 Å². The molecule has 0 fully saturated rings. The maximum absolute atomic E-state index is 11.9. The summed E-state index contributed by atoms with van der Waals surface area (Å²) in [5.74, 6) is -0.948. The molecule has 2 aromatic heterocycles. The Hall–Kier alpha value is -1.87. The van der Waals surface area contributed by atoms with E-state index in [0.29, 0.717) is 5.13 Å². The van der Waals surface area contributed by atoms with E-state index in [4.69, 9.17) is 4.74 Å². The van der Waals surface area contributed by atoms with Gasteiger partial charge in [-0.25, -0.2) is 9.78 Å². The van der Waals surface area contributed by atoms with Crippen LogP contribution in [0.15, 0.2) is 5.38 Å². The lowest BCUT2D eigenvalue weighted by atomic mass is 10.4. The summed E-state index contributed by atoms with van der Waals surface area (Å²) in [5, 5.41) is 13.3. The third-order valence-corrected chi connectivity index (χ3v) is 3.98. The van der Waals surface area contributed by atoms with Gasteiger partial charge in [-0.1, -0.05) is 18.3 Å². The number of esters is 1. The number of ether oxygens (including phenoxy) is 1. The smallest absolute Gasteiger partial charge is 0.367 e. The second-order valence-electron chi connectivity index (χ2n) is 3.57. The molecule has 0 aliphatic rings. The second-order valence-corrected chi connectivity index (χ2v) is 5.49. The summed E-state index contributed by atoms with van der Waals surface area (Å²) in [7, 11) is 0. The monoisotopic (exact) mass is 312 g/mol. The third kappa shape index (κ3) is 3.36. The van der Waals surface area contributed by atoms with Crippen LogP contribution in [0.3, 0.4) is 0 Å². The predicted molar refractivity (Wildman–Crippen MR) is 75.3 cm³/mol. The molecule has 20 heavy (non-hydrogen) atoms. The van der Waals surface area contributed by atoms with E-state index in [1.54, 1.807) is 6.92 Å². The van der Waals surface area contributed by atoms with Crippen LogP contribution in [0.4, 0.5) is 5.13 Å². The van der Waals surface area contributed by atoms with Crippen LogP contribution in [0.2, 0.25) is 0 Å². The molecule has 7 nitrogen and oxygen atoms in total. The molecular weight excluding hydrogens is 300 g/mol. The van der Waals surface area contributed by atoms with Crippen molar-refractivity contribution < 1.29 is 14.3 Å². The molecule has 0 aromatic carbocycles. The number of nitrogens with one attached hydrogen (secondary N) is 1. The van der Waals surface area contributed by atoms with Crippen LogP contribution in [0, 0.1) is 0 Å². The number of thiazole rings is 1. The Morgan fingerprint density at radius 3 is 2.80 bits per heavy atom. The van der Waals surface area contributed by atoms with Gasteiger partial charge in [-0.15, -0.1) is 21.5 Å². The van der Waals surface area contributed by atoms with Crippen LogP contribution >= 0.6 is 22.7 Å². The van der Waals surface area contributed by atoms with Gasteiger partial charge in [-0.2, -0.15) is 0 Å². The maximum Gasteiger partial charge on any atom is 0.367 e. The van der Waals surface area contributed by atoms with E-state index in [9.17, 15) is 9.59 Å². The number of nitrogens with zero attached hydrogens (tertiary/aromatic N) is 3. The lowest BCUT2D eigenvalue weighted by Crippen LogP contribution is -2.13. The Morgan fingerprint density at radius 1 is 1.35 bits per heavy atom. The highest BCUT2D eigenvalue weighted by Crippen LogP contribution is 2.17. The fourth-order valence-electron chi connectivity index (χ4n) is 1.27. The van der Waals surface area contributed by atoms with Crippen molar-refractivity contribution in [2.75, 3.05) is 11.9 Å². The van der Waals surface area contributed by atoms with Crippen LogP contribution in [0.25, 0.3) is 0 Å². The molecule has 2 heterocycles. The average molecular weight is 312 g/mol. The number of aryl methyl sites for hydroxylation is 1. The highest BCUT2D eigenvalue weighted by atomic mass is 32.1. The molecule has 0 saturated heterocycles. The Balaban J connectivity index is 2.04. The molecule has 106 valence electrons. The minimum atomic E-state index is -0.527. The summed E-state index contributed by atoms with van der Waals surface area (Å²) in [6.07, 6.45) is 0.761. The highest BCUT2D eigenvalue weighted by molar-refractivity contribution is 7.15. The number of aromatic nitrogens is 3. The molecule has 0 bridgehead atoms. The van der Waals surface area contributed by atoms with E-state index in [0.717, 1.165) is 22.8 Å². The Morgan fingerprint density at radius 2 is 2.15 bits per heavy atom. The van der Waals surface area contributed by atoms with Crippen LogP contribution in [0.5, 0.6) is 0 Å². The largest absolute Gasteiger partial charge is 0.461 e. The normalized spacial score (nSPS) is 10.3. The predicted octanol–water partition coefficient (Wildman–Crippen LogP) is 1.99. The van der Waals surface area contributed by atoms with Gasteiger partial charge >= 0.3 is 5.97 Å². The summed E-state index contributed by atoms with van der Waals surface area (Å²) < 4.78 is 4.81. The van der Waals surface area contributed by atoms with Crippen molar-refractivity contribution in [2.24, 2.45) is 0 Å². The molecule has 0 saturated carbocycles. The molecule has 2 aromatic rings. The quantitative estimate of drug-likeness (QED) is 0.848. The summed E-state index contributed by atoms with van der Waals surface area (Å²) in [6.45, 7) is 3.93. The molecule has 0 aliphatic carbocycles. The van der Waals surface area contributed by atoms with Crippen LogP contribution in [-0.2, 0) is 11.2 Å². The van der Waals surface area contributed by atoms with Crippen molar-refractivity contribution in [2.45, 2.75) is 20.3 Å². The van der Waals surface area contributed by atoms with Crippen molar-refractivity contribution in [3.05, 3.63) is 21.1 Å². The van der Waals surface area contributed by atoms with Gasteiger partial charge < -0.3 is 4.74 Å². The first-order valence-electron chi connectivity index (χ1n) is 5.90. The minimum absolute atomic E-state index is 0.156. The van der Waals surface area contributed by atoms with Crippen LogP contribution in [-0.4, -0.2) is 33.7 Å². The van der Waals surface area contributed by atoms with Gasteiger partial charge in [0.1, 0.15) is 10.7 Å². The fourth-order valence-corrected chi connectivity index (χ4v) is 2.64. The molecule has 0 unspecified atom stereocenters. The molecule has 9 heteroatoms. The van der Waals surface area contributed by atoms with E-state index in [1.807, 2.05) is 6.92 Å². The van der Waals surface area contributed by atoms with E-state index in [-0.39, 0.29) is 17.3 Å². The fraction of sp³-hybridized carbons (Fsp3) is 0.364. The summed E-state index contributed by atoms with van der Waals surface area (Å²) in [4.78, 5) is 27.3. The molecule has 1 N–H and O–H groups in total. The van der Waals surface area contributed by atoms with Gasteiger partial charge in [-0.05, 0) is 13.3 Å². The molecule has 0 spiro atoms. The van der Waals surface area contributed by atoms with E-state index in [2.05, 4.69) is 20.5 Å². The number of anilines is 1. The SMILES string of the molecule is CCOC(=O)c1nc(C(=O)Nc2nnc(CC)s2)cs1. The summed E-state index contributed by atoms with van der Waals surface area (Å²) >= 11 is 2.37. The first-order valence-corrected chi connectivity index (χ1v) is 7.60. The van der Waals surface area contributed by atoms with Crippen molar-refractivity contribution >= 4 is 39.7 Å². The summed E-state index contributed by atoms with van der Waals surface area (Å²) in [6, 6.07) is 0. The van der Waals surface area contributed by atoms with Crippen molar-refractivity contribution in [3.63, 3.8) is 0 Å². The van der Waals surface area contributed by atoms with Gasteiger partial charge in [0.05, 0.1) is 6.61 Å². The Labute approximate surface area is 123 Å². The lowest BCUT2D eigenvalue weighted by Gasteiger charge is -1.97. The highest BCUT2D eigenvalue weighted by Gasteiger charge is 2.17. The first kappa shape index (κ1) is 14.5. The van der Waals surface area contributed by atoms with Crippen molar-refractivity contribution in [3.8, 4) is 0 Å². The zero-order valence-electron chi connectivity index (χ0n) is 10.9. The van der Waals surface area contributed by atoms with E-state index < -0.39 is 11.9 Å². The van der Waals surface area contributed by atoms with E-state index in [1.165, 1.54) is 16.7 Å². The number of carbonyl (C=O) groups is 2. The Bertz CT molecular complexity index is 623. The molecule has 0 radical (unpaired) electrons. The standard InChI is InChI=1S/C11H12N4O3S2/c1-3-7-14-15-11(20-7)13-8(16)6-5-19-9(12-6)10(17)18-4-2/h5H,3-4H2,1-2H3,(H,13,15,16). The number of hydrogen-bond donors (Lipinski definition) is 1. The molecule has 1 amide bonds.